The zero-order chi connectivity index (χ0) is 27.3. The van der Waals surface area contributed by atoms with Gasteiger partial charge in [0.25, 0.3) is 11.8 Å². The summed E-state index contributed by atoms with van der Waals surface area (Å²) < 4.78 is 0. The fourth-order valence-electron chi connectivity index (χ4n) is 6.53. The zero-order valence-electron chi connectivity index (χ0n) is 21.8. The third-order valence-electron chi connectivity index (χ3n) is 8.39. The van der Waals surface area contributed by atoms with Crippen molar-refractivity contribution in [1.29, 1.82) is 0 Å². The first-order valence-electron chi connectivity index (χ1n) is 13.4. The Kier molecular flexibility index (Phi) is 6.13. The van der Waals surface area contributed by atoms with Gasteiger partial charge in [-0.3, -0.25) is 25.3 Å². The Morgan fingerprint density at radius 3 is 2.85 bits per heavy atom. The lowest BCUT2D eigenvalue weighted by molar-refractivity contribution is -0.513. The Morgan fingerprint density at radius 1 is 1.21 bits per heavy atom. The van der Waals surface area contributed by atoms with Crippen molar-refractivity contribution in [2.24, 2.45) is 16.5 Å². The van der Waals surface area contributed by atoms with E-state index in [1.807, 2.05) is 25.1 Å². The molecule has 1 aromatic heterocycles. The van der Waals surface area contributed by atoms with Crippen LogP contribution in [-0.2, 0) is 12.8 Å². The molecule has 2 aromatic rings. The van der Waals surface area contributed by atoms with Crippen molar-refractivity contribution in [1.82, 2.24) is 25.8 Å². The molecule has 12 nitrogen and oxygen atoms in total. The number of hydrogen-bond acceptors (Lipinski definition) is 9. The molecule has 2 amide bonds. The van der Waals surface area contributed by atoms with Crippen molar-refractivity contribution in [2.75, 3.05) is 13.1 Å². The molecule has 3 aliphatic heterocycles. The zero-order valence-corrected chi connectivity index (χ0v) is 21.8. The van der Waals surface area contributed by atoms with Gasteiger partial charge in [-0.2, -0.15) is 0 Å². The highest BCUT2D eigenvalue weighted by atomic mass is 16.3. The molecule has 9 N–H and O–H groups in total. The number of fused-ring (bicyclic) bond motifs is 1. The molecular weight excluding hydrogens is 498 g/mol. The summed E-state index contributed by atoms with van der Waals surface area (Å²) in [7, 11) is 0. The molecule has 0 bridgehead atoms. The first kappa shape index (κ1) is 25.1. The number of amides is 2. The highest BCUT2D eigenvalue weighted by molar-refractivity contribution is 5.96. The average Bonchev–Trinajstić information content (AvgIpc) is 3.43. The van der Waals surface area contributed by atoms with Gasteiger partial charge in [0.05, 0.1) is 6.04 Å². The van der Waals surface area contributed by atoms with Crippen LogP contribution in [-0.4, -0.2) is 81.7 Å². The maximum Gasteiger partial charge on any atom is 0.343 e. The summed E-state index contributed by atoms with van der Waals surface area (Å²) in [5.41, 5.74) is 15.5. The Bertz CT molecular complexity index is 1390. The van der Waals surface area contributed by atoms with Crippen LogP contribution in [0.15, 0.2) is 41.5 Å². The summed E-state index contributed by atoms with van der Waals surface area (Å²) in [6, 6.07) is 7.70. The molecule has 4 heterocycles. The van der Waals surface area contributed by atoms with Crippen LogP contribution in [0.1, 0.15) is 50.4 Å². The van der Waals surface area contributed by atoms with Crippen LogP contribution in [0, 0.1) is 6.92 Å². The minimum absolute atomic E-state index is 0.137. The van der Waals surface area contributed by atoms with Crippen LogP contribution in [0.3, 0.4) is 0 Å². The SMILES string of the molecule is Cc1cccnc1C(=O)NC[C@@H]1N=C(N)N2CC(NC(=O)c3cccc4c3CCCC4)[C@@H](O)[C@@]23NC(N)=[NH+][C@@H]13. The van der Waals surface area contributed by atoms with E-state index in [0.717, 1.165) is 36.8 Å². The number of aliphatic hydroxyl groups excluding tert-OH is 1. The van der Waals surface area contributed by atoms with Crippen molar-refractivity contribution in [2.45, 2.75) is 62.5 Å². The number of nitrogens with two attached hydrogens (primary N) is 2. The molecule has 0 radical (unpaired) electrons. The molecule has 5 atom stereocenters. The second kappa shape index (κ2) is 9.53. The molecule has 0 saturated carbocycles. The highest BCUT2D eigenvalue weighted by Gasteiger charge is 2.68. The third kappa shape index (κ3) is 4.06. The van der Waals surface area contributed by atoms with Crippen molar-refractivity contribution in [3.63, 3.8) is 0 Å². The van der Waals surface area contributed by atoms with E-state index in [9.17, 15) is 14.7 Å². The van der Waals surface area contributed by atoms with Crippen LogP contribution < -0.4 is 32.4 Å². The number of aliphatic imine (C=N–C) groups is 1. The van der Waals surface area contributed by atoms with E-state index in [0.29, 0.717) is 11.3 Å². The molecule has 1 saturated heterocycles. The molecule has 6 rings (SSSR count). The standard InChI is InChI=1S/C27H33N9O3/c1-14-6-5-11-30-20(14)24(39)31-12-18-21-27(35-25(28)34-21)22(37)19(13-36(27)26(29)33-18)32-23(38)17-10-4-8-15-7-2-3-9-16(15)17/h4-6,8,10-11,18-19,21-22,37H,2-3,7,9,12-13H2,1H3,(H2,29,33)(H,31,39)(H,32,38)(H3,28,34,35)/p+1/t18-,19?,21-,22+,27-/m0/s1. The molecule has 12 heteroatoms. The first-order valence-corrected chi connectivity index (χ1v) is 13.4. The number of carbonyl (C=O) groups is 2. The number of aliphatic hydroxyl groups is 1. The third-order valence-corrected chi connectivity index (χ3v) is 8.39. The Morgan fingerprint density at radius 2 is 2.03 bits per heavy atom. The van der Waals surface area contributed by atoms with Crippen LogP contribution in [0.2, 0.25) is 0 Å². The van der Waals surface area contributed by atoms with Crippen LogP contribution in [0.4, 0.5) is 0 Å². The lowest BCUT2D eigenvalue weighted by Crippen LogP contribution is -2.88. The van der Waals surface area contributed by atoms with Gasteiger partial charge in [-0.05, 0) is 61.4 Å². The predicted molar refractivity (Wildman–Crippen MR) is 144 cm³/mol. The van der Waals surface area contributed by atoms with Gasteiger partial charge >= 0.3 is 5.96 Å². The molecule has 1 fully saturated rings. The van der Waals surface area contributed by atoms with E-state index in [1.165, 1.54) is 5.56 Å². The number of benzene rings is 1. The summed E-state index contributed by atoms with van der Waals surface area (Å²) in [6.45, 7) is 2.19. The molecule has 1 aromatic carbocycles. The summed E-state index contributed by atoms with van der Waals surface area (Å²) in [5.74, 6) is -0.102. The number of hydrogen-bond donors (Lipinski definition) is 7. The van der Waals surface area contributed by atoms with Gasteiger partial charge in [0.15, 0.2) is 12.0 Å². The lowest BCUT2D eigenvalue weighted by Gasteiger charge is -2.43. The maximum absolute atomic E-state index is 13.4. The van der Waals surface area contributed by atoms with Gasteiger partial charge in [-0.25, -0.2) is 10.3 Å². The van der Waals surface area contributed by atoms with Gasteiger partial charge in [0.2, 0.25) is 5.66 Å². The minimum atomic E-state index is -1.15. The fraction of sp³-hybridized carbons (Fsp3) is 0.444. The number of nitrogens with one attached hydrogen (secondary N) is 4. The molecule has 1 spiro atoms. The van der Waals surface area contributed by atoms with E-state index in [1.54, 1.807) is 17.2 Å². The summed E-state index contributed by atoms with van der Waals surface area (Å²) in [5, 5.41) is 20.8. The first-order chi connectivity index (χ1) is 18.8. The largest absolute Gasteiger partial charge is 0.385 e. The quantitative estimate of drug-likeness (QED) is 0.216. The molecule has 1 aliphatic carbocycles. The second-order valence-corrected chi connectivity index (χ2v) is 10.7. The van der Waals surface area contributed by atoms with Gasteiger partial charge in [0, 0.05) is 24.8 Å². The predicted octanol–water partition coefficient (Wildman–Crippen LogP) is -2.77. The lowest BCUT2D eigenvalue weighted by atomic mass is 9.87. The number of pyridine rings is 1. The molecule has 1 unspecified atom stereocenters. The number of guanidine groups is 2. The van der Waals surface area contributed by atoms with Gasteiger partial charge in [-0.15, -0.1) is 0 Å². The summed E-state index contributed by atoms with van der Waals surface area (Å²) in [4.78, 5) is 40.0. The van der Waals surface area contributed by atoms with Gasteiger partial charge in [0.1, 0.15) is 17.8 Å². The Balaban J connectivity index is 1.23. The maximum atomic E-state index is 13.4. The average molecular weight is 533 g/mol. The summed E-state index contributed by atoms with van der Waals surface area (Å²) >= 11 is 0. The van der Waals surface area contributed by atoms with Crippen LogP contribution >= 0.6 is 0 Å². The van der Waals surface area contributed by atoms with Gasteiger partial charge < -0.3 is 26.4 Å². The second-order valence-electron chi connectivity index (χ2n) is 10.7. The molecule has 39 heavy (non-hydrogen) atoms. The van der Waals surface area contributed by atoms with E-state index in [4.69, 9.17) is 11.5 Å². The minimum Gasteiger partial charge on any atom is -0.385 e. The number of carbonyl (C=O) groups excluding carboxylic acids is 2. The monoisotopic (exact) mass is 532 g/mol. The number of nitrogens with zero attached hydrogens (tertiary/aromatic N) is 3. The van der Waals surface area contributed by atoms with E-state index < -0.39 is 29.9 Å². The number of rotatable bonds is 5. The normalized spacial score (nSPS) is 28.8. The Hall–Kier alpha value is -4.19. The van der Waals surface area contributed by atoms with Crippen molar-refractivity contribution < 1.29 is 19.7 Å². The number of aromatic nitrogens is 1. The van der Waals surface area contributed by atoms with Gasteiger partial charge in [-0.1, -0.05) is 18.2 Å². The van der Waals surface area contributed by atoms with Crippen molar-refractivity contribution in [3.8, 4) is 0 Å². The van der Waals surface area contributed by atoms with Crippen molar-refractivity contribution in [3.05, 3.63) is 64.5 Å². The van der Waals surface area contributed by atoms with Crippen LogP contribution in [0.5, 0.6) is 0 Å². The highest BCUT2D eigenvalue weighted by Crippen LogP contribution is 2.35. The molecule has 4 aliphatic rings. The van der Waals surface area contributed by atoms with Crippen LogP contribution in [0.25, 0.3) is 0 Å². The Labute approximate surface area is 226 Å². The molecule has 204 valence electrons. The summed E-state index contributed by atoms with van der Waals surface area (Å²) in [6.07, 6.45) is 4.50. The van der Waals surface area contributed by atoms with Crippen molar-refractivity contribution >= 4 is 23.7 Å². The number of aryl methyl sites for hydroxylation is 2. The van der Waals surface area contributed by atoms with E-state index >= 15 is 0 Å². The van der Waals surface area contributed by atoms with E-state index in [-0.39, 0.29) is 36.8 Å². The fourth-order valence-corrected chi connectivity index (χ4v) is 6.53. The molecular formula is C27H34N9O3+. The van der Waals surface area contributed by atoms with E-state index in [2.05, 4.69) is 37.0 Å². The topological polar surface area (TPSA) is 185 Å². The smallest absolute Gasteiger partial charge is 0.343 e.